The van der Waals surface area contributed by atoms with Crippen LogP contribution in [0, 0.1) is 0 Å². The van der Waals surface area contributed by atoms with Crippen molar-refractivity contribution in [3.8, 4) is 28.4 Å². The molecule has 5 aromatic rings. The smallest absolute Gasteiger partial charge is 0.323 e. The molecule has 1 heterocycles. The third-order valence-electron chi connectivity index (χ3n) is 7.96. The van der Waals surface area contributed by atoms with Crippen molar-refractivity contribution in [2.45, 2.75) is 25.8 Å². The Hall–Kier alpha value is -4.47. The van der Waals surface area contributed by atoms with E-state index < -0.39 is 18.6 Å². The van der Waals surface area contributed by atoms with E-state index in [-0.39, 0.29) is 38.0 Å². The topological polar surface area (TPSA) is 180 Å². The quantitative estimate of drug-likeness (QED) is 0.0751. The summed E-state index contributed by atoms with van der Waals surface area (Å²) in [7, 11) is 0. The van der Waals surface area contributed by atoms with Crippen molar-refractivity contribution in [2.24, 2.45) is 0 Å². The van der Waals surface area contributed by atoms with Gasteiger partial charge in [-0.3, -0.25) is 15.0 Å². The predicted octanol–water partition coefficient (Wildman–Crippen LogP) is 4.56. The minimum absolute atomic E-state index is 0.00101. The van der Waals surface area contributed by atoms with Crippen molar-refractivity contribution < 1.29 is 44.1 Å². The number of aliphatic hydroxyl groups excluding tert-OH is 3. The number of carboxylic acid groups (broad SMARTS) is 1. The standard InChI is InChI=1S/C36H38Cl2N4O9/c37-29-17-26(19-39-32(20-45)36(46)47)33(49-21-23-7-8-30-31(15-23)41-51-40-30)18-34(29)50-22-25-4-2-6-28(35(25)38)24-3-1-5-27(16-24)48-14-11-42(9-12-43)10-13-44/h1-8,15-18,32,39,43-45H,9-14,19-22H2,(H,46,47)/t32-/m1/s1. The molecule has 4 aromatic carbocycles. The van der Waals surface area contributed by atoms with Crippen molar-refractivity contribution in [1.82, 2.24) is 20.5 Å². The zero-order chi connectivity index (χ0) is 36.2. The molecule has 51 heavy (non-hydrogen) atoms. The lowest BCUT2D eigenvalue weighted by Gasteiger charge is -2.20. The number of rotatable bonds is 20. The van der Waals surface area contributed by atoms with Crippen LogP contribution < -0.4 is 19.5 Å². The SMILES string of the molecule is O=C(O)[C@@H](CO)NCc1cc(Cl)c(OCc2cccc(-c3cccc(OCCN(CCO)CCO)c3)c2Cl)cc1OCc1ccc2nonc2c1. The Morgan fingerprint density at radius 2 is 1.59 bits per heavy atom. The first-order valence-corrected chi connectivity index (χ1v) is 16.9. The fourth-order valence-electron chi connectivity index (χ4n) is 5.23. The summed E-state index contributed by atoms with van der Waals surface area (Å²) in [6, 6.07) is 20.6. The molecular weight excluding hydrogens is 703 g/mol. The van der Waals surface area contributed by atoms with Gasteiger partial charge in [-0.15, -0.1) is 0 Å². The van der Waals surface area contributed by atoms with Crippen molar-refractivity contribution in [1.29, 1.82) is 0 Å². The molecule has 1 atom stereocenters. The Kier molecular flexibility index (Phi) is 13.8. The molecule has 0 saturated carbocycles. The number of ether oxygens (including phenoxy) is 3. The van der Waals surface area contributed by atoms with Gasteiger partial charge in [0.25, 0.3) is 0 Å². The van der Waals surface area contributed by atoms with E-state index in [2.05, 4.69) is 15.6 Å². The van der Waals surface area contributed by atoms with Gasteiger partial charge in [0.1, 0.15) is 54.1 Å². The maximum absolute atomic E-state index is 11.5. The van der Waals surface area contributed by atoms with Gasteiger partial charge in [-0.2, -0.15) is 0 Å². The molecule has 0 aliphatic heterocycles. The molecule has 0 bridgehead atoms. The minimum Gasteiger partial charge on any atom is -0.492 e. The number of halogens is 2. The second-order valence-corrected chi connectivity index (χ2v) is 12.2. The number of aliphatic carboxylic acids is 1. The van der Waals surface area contributed by atoms with E-state index in [1.54, 1.807) is 24.3 Å². The molecule has 0 saturated heterocycles. The molecule has 5 N–H and O–H groups in total. The van der Waals surface area contributed by atoms with Crippen LogP contribution in [0.25, 0.3) is 22.2 Å². The highest BCUT2D eigenvalue weighted by Gasteiger charge is 2.19. The summed E-state index contributed by atoms with van der Waals surface area (Å²) in [5.41, 5.74) is 4.84. The van der Waals surface area contributed by atoms with Crippen LogP contribution in [0.2, 0.25) is 10.0 Å². The third kappa shape index (κ3) is 10.3. The van der Waals surface area contributed by atoms with Crippen LogP contribution in [0.1, 0.15) is 16.7 Å². The van der Waals surface area contributed by atoms with E-state index >= 15 is 0 Å². The number of hydrogen-bond acceptors (Lipinski definition) is 12. The van der Waals surface area contributed by atoms with Gasteiger partial charge in [-0.05, 0) is 51.8 Å². The molecule has 5 rings (SSSR count). The van der Waals surface area contributed by atoms with Crippen LogP contribution in [0.3, 0.4) is 0 Å². The van der Waals surface area contributed by atoms with Crippen molar-refractivity contribution >= 4 is 40.2 Å². The summed E-state index contributed by atoms with van der Waals surface area (Å²) in [5, 5.41) is 48.6. The summed E-state index contributed by atoms with van der Waals surface area (Å²) in [4.78, 5) is 13.4. The highest BCUT2D eigenvalue weighted by molar-refractivity contribution is 6.34. The van der Waals surface area contributed by atoms with Crippen LogP contribution in [0.5, 0.6) is 17.2 Å². The van der Waals surface area contributed by atoms with Gasteiger partial charge in [0.2, 0.25) is 0 Å². The Bertz CT molecular complexity index is 1900. The number of benzene rings is 4. The van der Waals surface area contributed by atoms with Crippen molar-refractivity contribution in [3.05, 3.63) is 99.5 Å². The van der Waals surface area contributed by atoms with Gasteiger partial charge in [-0.25, -0.2) is 4.63 Å². The lowest BCUT2D eigenvalue weighted by atomic mass is 10.0. The number of aliphatic hydroxyl groups is 3. The normalized spacial score (nSPS) is 12.0. The lowest BCUT2D eigenvalue weighted by molar-refractivity contribution is -0.140. The Morgan fingerprint density at radius 1 is 0.824 bits per heavy atom. The molecule has 0 radical (unpaired) electrons. The van der Waals surface area contributed by atoms with Crippen molar-refractivity contribution in [2.75, 3.05) is 46.1 Å². The van der Waals surface area contributed by atoms with Gasteiger partial charge >= 0.3 is 5.97 Å². The molecule has 13 nitrogen and oxygen atoms in total. The molecule has 0 aliphatic rings. The van der Waals surface area contributed by atoms with E-state index in [4.69, 9.17) is 42.0 Å². The highest BCUT2D eigenvalue weighted by atomic mass is 35.5. The van der Waals surface area contributed by atoms with E-state index in [1.165, 1.54) is 0 Å². The maximum Gasteiger partial charge on any atom is 0.323 e. The van der Waals surface area contributed by atoms with Gasteiger partial charge in [-0.1, -0.05) is 59.6 Å². The first-order valence-electron chi connectivity index (χ1n) is 16.1. The predicted molar refractivity (Wildman–Crippen MR) is 190 cm³/mol. The molecular formula is C36H38Cl2N4O9. The number of nitrogens with one attached hydrogen (secondary N) is 1. The van der Waals surface area contributed by atoms with Crippen LogP contribution in [-0.4, -0.2) is 93.7 Å². The molecule has 270 valence electrons. The fraction of sp³-hybridized carbons (Fsp3) is 0.306. The minimum atomic E-state index is -1.20. The second kappa shape index (κ2) is 18.7. The van der Waals surface area contributed by atoms with Crippen LogP contribution in [0.4, 0.5) is 0 Å². The Labute approximate surface area is 303 Å². The molecule has 1 aromatic heterocycles. The zero-order valence-electron chi connectivity index (χ0n) is 27.5. The second-order valence-electron chi connectivity index (χ2n) is 11.5. The average Bonchev–Trinajstić information content (AvgIpc) is 3.60. The number of fused-ring (bicyclic) bond motifs is 1. The fourth-order valence-corrected chi connectivity index (χ4v) is 5.77. The number of aromatic nitrogens is 2. The van der Waals surface area contributed by atoms with E-state index in [0.29, 0.717) is 70.7 Å². The van der Waals surface area contributed by atoms with Crippen molar-refractivity contribution in [3.63, 3.8) is 0 Å². The van der Waals surface area contributed by atoms with E-state index in [1.807, 2.05) is 53.4 Å². The molecule has 0 amide bonds. The van der Waals surface area contributed by atoms with Gasteiger partial charge in [0.15, 0.2) is 0 Å². The Morgan fingerprint density at radius 3 is 2.35 bits per heavy atom. The number of carbonyl (C=O) groups is 1. The largest absolute Gasteiger partial charge is 0.492 e. The monoisotopic (exact) mass is 740 g/mol. The van der Waals surface area contributed by atoms with E-state index in [9.17, 15) is 25.2 Å². The number of carboxylic acids is 1. The zero-order valence-corrected chi connectivity index (χ0v) is 29.0. The molecule has 15 heteroatoms. The van der Waals surface area contributed by atoms with Gasteiger partial charge < -0.3 is 34.6 Å². The summed E-state index contributed by atoms with van der Waals surface area (Å²) in [6.45, 7) is 1.48. The van der Waals surface area contributed by atoms with E-state index in [0.717, 1.165) is 16.7 Å². The summed E-state index contributed by atoms with van der Waals surface area (Å²) in [6.07, 6.45) is 0. The Balaban J connectivity index is 1.31. The summed E-state index contributed by atoms with van der Waals surface area (Å²) >= 11 is 13.6. The number of hydrogen-bond donors (Lipinski definition) is 5. The van der Waals surface area contributed by atoms with Gasteiger partial charge in [0, 0.05) is 48.9 Å². The highest BCUT2D eigenvalue weighted by Crippen LogP contribution is 2.36. The summed E-state index contributed by atoms with van der Waals surface area (Å²) in [5.74, 6) is 0.156. The van der Waals surface area contributed by atoms with Crippen LogP contribution >= 0.6 is 23.2 Å². The average molecular weight is 742 g/mol. The molecule has 0 fully saturated rings. The number of nitrogens with zero attached hydrogens (tertiary/aromatic N) is 3. The first-order chi connectivity index (χ1) is 24.8. The first kappa shape index (κ1) is 37.8. The molecule has 0 spiro atoms. The maximum atomic E-state index is 11.5. The van der Waals surface area contributed by atoms with Crippen LogP contribution in [0.15, 0.2) is 77.4 Å². The third-order valence-corrected chi connectivity index (χ3v) is 8.70. The lowest BCUT2D eigenvalue weighted by Crippen LogP contribution is -2.39. The van der Waals surface area contributed by atoms with Gasteiger partial charge in [0.05, 0.1) is 29.9 Å². The summed E-state index contributed by atoms with van der Waals surface area (Å²) < 4.78 is 23.1. The molecule has 0 unspecified atom stereocenters. The van der Waals surface area contributed by atoms with Crippen LogP contribution in [-0.2, 0) is 24.6 Å². The molecule has 0 aliphatic carbocycles.